The largest absolute Gasteiger partial charge is 0.488 e. The fourth-order valence-electron chi connectivity index (χ4n) is 2.22. The first-order valence-electron chi connectivity index (χ1n) is 8.09. The highest BCUT2D eigenvalue weighted by Gasteiger charge is 2.10. The van der Waals surface area contributed by atoms with E-state index in [0.29, 0.717) is 30.4 Å². The molecule has 25 heavy (non-hydrogen) atoms. The van der Waals surface area contributed by atoms with Crippen LogP contribution in [-0.2, 0) is 13.2 Å². The summed E-state index contributed by atoms with van der Waals surface area (Å²) < 4.78 is 5.75. The molecule has 6 heteroatoms. The van der Waals surface area contributed by atoms with Crippen molar-refractivity contribution in [3.8, 4) is 5.75 Å². The van der Waals surface area contributed by atoms with Gasteiger partial charge in [0.15, 0.2) is 0 Å². The van der Waals surface area contributed by atoms with Gasteiger partial charge in [-0.3, -0.25) is 4.79 Å². The van der Waals surface area contributed by atoms with E-state index in [0.717, 1.165) is 15.6 Å². The van der Waals surface area contributed by atoms with E-state index in [-0.39, 0.29) is 5.91 Å². The molecule has 1 N–H and O–H groups in total. The van der Waals surface area contributed by atoms with Crippen molar-refractivity contribution in [2.45, 2.75) is 32.9 Å². The van der Waals surface area contributed by atoms with E-state index in [1.807, 2.05) is 35.0 Å². The third-order valence-electron chi connectivity index (χ3n) is 3.55. The molecule has 0 aliphatic carbocycles. The number of amides is 1. The molecule has 0 spiro atoms. The summed E-state index contributed by atoms with van der Waals surface area (Å²) in [5.74, 6) is 0.976. The van der Waals surface area contributed by atoms with E-state index in [4.69, 9.17) is 4.74 Å². The van der Waals surface area contributed by atoms with Crippen molar-refractivity contribution in [3.05, 3.63) is 68.3 Å². The van der Waals surface area contributed by atoms with Crippen LogP contribution in [0.15, 0.2) is 47.2 Å². The summed E-state index contributed by atoms with van der Waals surface area (Å²) in [6, 6.07) is 11.3. The maximum atomic E-state index is 12.4. The molecular weight excluding hydrogens is 352 g/mol. The minimum atomic E-state index is -0.124. The molecular formula is C19H20N2O2S2. The van der Waals surface area contributed by atoms with Crippen LogP contribution in [0, 0.1) is 0 Å². The Morgan fingerprint density at radius 3 is 2.84 bits per heavy atom. The molecule has 2 heterocycles. The van der Waals surface area contributed by atoms with Gasteiger partial charge in [0, 0.05) is 21.7 Å². The molecule has 1 amide bonds. The van der Waals surface area contributed by atoms with Crippen LogP contribution in [0.4, 0.5) is 0 Å². The first-order valence-corrected chi connectivity index (χ1v) is 9.85. The van der Waals surface area contributed by atoms with E-state index >= 15 is 0 Å². The van der Waals surface area contributed by atoms with Crippen LogP contribution >= 0.6 is 22.7 Å². The Balaban J connectivity index is 1.56. The summed E-state index contributed by atoms with van der Waals surface area (Å²) in [5, 5.41) is 8.02. The second kappa shape index (κ2) is 8.27. The number of thiazole rings is 1. The highest BCUT2D eigenvalue weighted by atomic mass is 32.1. The average molecular weight is 373 g/mol. The number of nitrogens with zero attached hydrogens (tertiary/aromatic N) is 1. The molecule has 0 aliphatic heterocycles. The zero-order chi connectivity index (χ0) is 17.6. The lowest BCUT2D eigenvalue weighted by Crippen LogP contribution is -2.23. The van der Waals surface area contributed by atoms with E-state index in [1.165, 1.54) is 0 Å². The number of carbonyl (C=O) groups excluding carboxylic acids is 1. The van der Waals surface area contributed by atoms with E-state index in [9.17, 15) is 4.79 Å². The van der Waals surface area contributed by atoms with Gasteiger partial charge in [-0.05, 0) is 29.6 Å². The Labute approximate surface area is 155 Å². The number of aromatic nitrogens is 1. The van der Waals surface area contributed by atoms with Gasteiger partial charge in [-0.25, -0.2) is 4.98 Å². The number of carbonyl (C=O) groups is 1. The Morgan fingerprint density at radius 2 is 2.12 bits per heavy atom. The molecule has 3 aromatic rings. The Bertz CT molecular complexity index is 826. The van der Waals surface area contributed by atoms with Crippen molar-refractivity contribution >= 4 is 28.6 Å². The average Bonchev–Trinajstić information content (AvgIpc) is 3.30. The molecule has 130 valence electrons. The number of benzene rings is 1. The molecule has 0 saturated heterocycles. The second-order valence-electron chi connectivity index (χ2n) is 5.91. The molecule has 1 aromatic carbocycles. The molecule has 0 saturated carbocycles. The highest BCUT2D eigenvalue weighted by Crippen LogP contribution is 2.20. The van der Waals surface area contributed by atoms with E-state index in [1.54, 1.807) is 34.8 Å². The van der Waals surface area contributed by atoms with Crippen LogP contribution in [-0.4, -0.2) is 10.9 Å². The van der Waals surface area contributed by atoms with Crippen molar-refractivity contribution in [1.82, 2.24) is 10.3 Å². The molecule has 0 aliphatic rings. The minimum absolute atomic E-state index is 0.124. The molecule has 0 bridgehead atoms. The topological polar surface area (TPSA) is 51.2 Å². The third-order valence-corrected chi connectivity index (χ3v) is 5.59. The smallest absolute Gasteiger partial charge is 0.251 e. The lowest BCUT2D eigenvalue weighted by molar-refractivity contribution is 0.0950. The number of nitrogens with one attached hydrogen (secondary N) is 1. The summed E-state index contributed by atoms with van der Waals surface area (Å²) in [7, 11) is 0. The fraction of sp³-hybridized carbons (Fsp3) is 0.263. The standard InChI is InChI=1S/C19H20N2O2S2/c1-13(2)19-21-15(12-25-19)10-20-18(22)14-5-3-6-16(9-14)23-11-17-7-4-8-24-17/h3-9,12-13H,10-11H2,1-2H3,(H,20,22). The van der Waals surface area contributed by atoms with Crippen LogP contribution in [0.2, 0.25) is 0 Å². The van der Waals surface area contributed by atoms with Crippen molar-refractivity contribution in [1.29, 1.82) is 0 Å². The maximum absolute atomic E-state index is 12.4. The molecule has 3 rings (SSSR count). The number of thiophene rings is 1. The molecule has 2 aromatic heterocycles. The van der Waals surface area contributed by atoms with Crippen molar-refractivity contribution in [2.24, 2.45) is 0 Å². The summed E-state index contributed by atoms with van der Waals surface area (Å²) in [6.45, 7) is 5.17. The lowest BCUT2D eigenvalue weighted by atomic mass is 10.2. The van der Waals surface area contributed by atoms with Gasteiger partial charge in [-0.15, -0.1) is 22.7 Å². The van der Waals surface area contributed by atoms with Gasteiger partial charge < -0.3 is 10.1 Å². The Kier molecular flexibility index (Phi) is 5.83. The molecule has 0 radical (unpaired) electrons. The zero-order valence-electron chi connectivity index (χ0n) is 14.2. The van der Waals surface area contributed by atoms with Gasteiger partial charge in [-0.1, -0.05) is 26.0 Å². The lowest BCUT2D eigenvalue weighted by Gasteiger charge is -2.07. The number of ether oxygens (including phenoxy) is 1. The van der Waals surface area contributed by atoms with Crippen molar-refractivity contribution < 1.29 is 9.53 Å². The summed E-state index contributed by atoms with van der Waals surface area (Å²) >= 11 is 3.28. The van der Waals surface area contributed by atoms with Gasteiger partial charge in [0.25, 0.3) is 5.91 Å². The number of hydrogen-bond donors (Lipinski definition) is 1. The van der Waals surface area contributed by atoms with Gasteiger partial charge in [0.05, 0.1) is 17.2 Å². The van der Waals surface area contributed by atoms with E-state index < -0.39 is 0 Å². The first-order chi connectivity index (χ1) is 12.1. The summed E-state index contributed by atoms with van der Waals surface area (Å²) in [4.78, 5) is 18.0. The van der Waals surface area contributed by atoms with Crippen LogP contribution in [0.25, 0.3) is 0 Å². The highest BCUT2D eigenvalue weighted by molar-refractivity contribution is 7.10. The van der Waals surface area contributed by atoms with Gasteiger partial charge in [-0.2, -0.15) is 0 Å². The summed E-state index contributed by atoms with van der Waals surface area (Å²) in [6.07, 6.45) is 0. The minimum Gasteiger partial charge on any atom is -0.488 e. The monoisotopic (exact) mass is 372 g/mol. The van der Waals surface area contributed by atoms with E-state index in [2.05, 4.69) is 24.1 Å². The first kappa shape index (κ1) is 17.6. The predicted molar refractivity (Wildman–Crippen MR) is 102 cm³/mol. The number of hydrogen-bond acceptors (Lipinski definition) is 5. The molecule has 0 unspecified atom stereocenters. The molecule has 0 fully saturated rings. The summed E-state index contributed by atoms with van der Waals surface area (Å²) in [5.41, 5.74) is 1.48. The quantitative estimate of drug-likeness (QED) is 0.646. The zero-order valence-corrected chi connectivity index (χ0v) is 15.8. The van der Waals surface area contributed by atoms with Gasteiger partial charge in [0.1, 0.15) is 12.4 Å². The van der Waals surface area contributed by atoms with Gasteiger partial charge >= 0.3 is 0 Å². The SMILES string of the molecule is CC(C)c1nc(CNC(=O)c2cccc(OCc3cccs3)c2)cs1. The van der Waals surface area contributed by atoms with Crippen LogP contribution in [0.3, 0.4) is 0 Å². The Morgan fingerprint density at radius 1 is 1.24 bits per heavy atom. The maximum Gasteiger partial charge on any atom is 0.251 e. The van der Waals surface area contributed by atoms with Crippen LogP contribution < -0.4 is 10.1 Å². The normalized spacial score (nSPS) is 10.8. The second-order valence-corrected chi connectivity index (χ2v) is 7.83. The van der Waals surface area contributed by atoms with Crippen molar-refractivity contribution in [3.63, 3.8) is 0 Å². The molecule has 4 nitrogen and oxygen atoms in total. The fourth-order valence-corrected chi connectivity index (χ4v) is 3.67. The number of rotatable bonds is 7. The Hall–Kier alpha value is -2.18. The third kappa shape index (κ3) is 4.90. The molecule has 0 atom stereocenters. The van der Waals surface area contributed by atoms with Crippen molar-refractivity contribution in [2.75, 3.05) is 0 Å². The van der Waals surface area contributed by atoms with Gasteiger partial charge in [0.2, 0.25) is 0 Å². The predicted octanol–water partition coefficient (Wildman–Crippen LogP) is 4.84. The van der Waals surface area contributed by atoms with Crippen LogP contribution in [0.5, 0.6) is 5.75 Å². The van der Waals surface area contributed by atoms with Crippen LogP contribution in [0.1, 0.15) is 45.7 Å².